The Morgan fingerprint density at radius 3 is 2.37 bits per heavy atom. The average molecular weight is 255 g/mol. The van der Waals surface area contributed by atoms with Crippen molar-refractivity contribution in [2.24, 2.45) is 0 Å². The van der Waals surface area contributed by atoms with Gasteiger partial charge in [0.2, 0.25) is 0 Å². The van der Waals surface area contributed by atoms with E-state index in [0.29, 0.717) is 19.7 Å². The maximum absolute atomic E-state index is 10.4. The zero-order chi connectivity index (χ0) is 13.1. The quantitative estimate of drug-likeness (QED) is 0.878. The molecule has 3 nitrogen and oxygen atoms in total. The molecular weight excluding hydrogens is 238 g/mol. The molecule has 0 bridgehead atoms. The van der Waals surface area contributed by atoms with Gasteiger partial charge in [-0.1, -0.05) is 48.5 Å². The third kappa shape index (κ3) is 2.48. The van der Waals surface area contributed by atoms with Gasteiger partial charge < -0.3 is 15.2 Å². The molecule has 0 radical (unpaired) electrons. The molecular formula is C16H17NO2. The molecule has 0 unspecified atom stereocenters. The minimum absolute atomic E-state index is 0.515. The van der Waals surface area contributed by atoms with Crippen molar-refractivity contribution in [1.82, 2.24) is 5.32 Å². The molecule has 3 heteroatoms. The first-order valence-electron chi connectivity index (χ1n) is 6.47. The van der Waals surface area contributed by atoms with Gasteiger partial charge in [0.1, 0.15) is 18.0 Å². The highest BCUT2D eigenvalue weighted by Crippen LogP contribution is 2.33. The molecule has 1 aliphatic heterocycles. The van der Waals surface area contributed by atoms with Crippen LogP contribution in [0.2, 0.25) is 0 Å². The van der Waals surface area contributed by atoms with E-state index in [1.165, 1.54) is 0 Å². The highest BCUT2D eigenvalue weighted by molar-refractivity contribution is 5.40. The Balaban J connectivity index is 1.78. The normalized spacial score (nSPS) is 16.7. The van der Waals surface area contributed by atoms with E-state index >= 15 is 0 Å². The third-order valence-corrected chi connectivity index (χ3v) is 3.46. The second-order valence-corrected chi connectivity index (χ2v) is 4.91. The van der Waals surface area contributed by atoms with Crippen LogP contribution in [-0.2, 0) is 12.2 Å². The van der Waals surface area contributed by atoms with Crippen molar-refractivity contribution in [2.75, 3.05) is 13.1 Å². The molecule has 98 valence electrons. The Hall–Kier alpha value is -1.84. The van der Waals surface area contributed by atoms with E-state index in [9.17, 15) is 5.11 Å². The van der Waals surface area contributed by atoms with Crippen LogP contribution in [0.5, 0.6) is 5.75 Å². The lowest BCUT2D eigenvalue weighted by Gasteiger charge is -2.38. The lowest BCUT2D eigenvalue weighted by molar-refractivity contribution is -0.0170. The molecule has 1 fully saturated rings. The van der Waals surface area contributed by atoms with Crippen LogP contribution in [0.3, 0.4) is 0 Å². The summed E-state index contributed by atoms with van der Waals surface area (Å²) in [6, 6.07) is 17.7. The van der Waals surface area contributed by atoms with Crippen LogP contribution in [0.1, 0.15) is 11.1 Å². The maximum Gasteiger partial charge on any atom is 0.125 e. The van der Waals surface area contributed by atoms with Crippen molar-refractivity contribution in [1.29, 1.82) is 0 Å². The largest absolute Gasteiger partial charge is 0.489 e. The summed E-state index contributed by atoms with van der Waals surface area (Å²) >= 11 is 0. The van der Waals surface area contributed by atoms with Gasteiger partial charge in [-0.25, -0.2) is 0 Å². The number of ether oxygens (including phenoxy) is 1. The Kier molecular flexibility index (Phi) is 3.23. The SMILES string of the molecule is OC1(c2ccccc2OCc2ccccc2)CNC1. The highest BCUT2D eigenvalue weighted by Gasteiger charge is 2.38. The topological polar surface area (TPSA) is 41.5 Å². The first-order valence-corrected chi connectivity index (χ1v) is 6.47. The lowest BCUT2D eigenvalue weighted by atomic mass is 9.87. The van der Waals surface area contributed by atoms with Crippen molar-refractivity contribution in [3.05, 3.63) is 65.7 Å². The van der Waals surface area contributed by atoms with E-state index in [1.54, 1.807) is 0 Å². The van der Waals surface area contributed by atoms with Gasteiger partial charge in [0.25, 0.3) is 0 Å². The van der Waals surface area contributed by atoms with Crippen LogP contribution in [-0.4, -0.2) is 18.2 Å². The molecule has 2 N–H and O–H groups in total. The van der Waals surface area contributed by atoms with Crippen LogP contribution in [0.25, 0.3) is 0 Å². The number of para-hydroxylation sites is 1. The van der Waals surface area contributed by atoms with E-state index in [4.69, 9.17) is 4.74 Å². The van der Waals surface area contributed by atoms with Crippen molar-refractivity contribution < 1.29 is 9.84 Å². The first kappa shape index (κ1) is 12.2. The molecule has 2 aromatic carbocycles. The summed E-state index contributed by atoms with van der Waals surface area (Å²) in [6.45, 7) is 1.68. The molecule has 0 atom stereocenters. The number of hydrogen-bond donors (Lipinski definition) is 2. The fraction of sp³-hybridized carbons (Fsp3) is 0.250. The Morgan fingerprint density at radius 1 is 1.00 bits per heavy atom. The lowest BCUT2D eigenvalue weighted by Crippen LogP contribution is -2.56. The molecule has 19 heavy (non-hydrogen) atoms. The van der Waals surface area contributed by atoms with Gasteiger partial charge in [-0.05, 0) is 11.6 Å². The summed E-state index contributed by atoms with van der Waals surface area (Å²) in [5.41, 5.74) is 1.20. The van der Waals surface area contributed by atoms with Gasteiger partial charge in [-0.15, -0.1) is 0 Å². The van der Waals surface area contributed by atoms with Gasteiger partial charge in [-0.2, -0.15) is 0 Å². The average Bonchev–Trinajstić information content (AvgIpc) is 2.44. The zero-order valence-corrected chi connectivity index (χ0v) is 10.7. The molecule has 0 aliphatic carbocycles. The number of benzene rings is 2. The van der Waals surface area contributed by atoms with Crippen LogP contribution >= 0.6 is 0 Å². The minimum Gasteiger partial charge on any atom is -0.489 e. The van der Waals surface area contributed by atoms with E-state index in [0.717, 1.165) is 16.9 Å². The summed E-state index contributed by atoms with van der Waals surface area (Å²) in [5, 5.41) is 13.5. The smallest absolute Gasteiger partial charge is 0.125 e. The maximum atomic E-state index is 10.4. The fourth-order valence-electron chi connectivity index (χ4n) is 2.26. The number of hydrogen-bond acceptors (Lipinski definition) is 3. The van der Waals surface area contributed by atoms with Crippen LogP contribution in [0.15, 0.2) is 54.6 Å². The van der Waals surface area contributed by atoms with E-state index in [1.807, 2.05) is 54.6 Å². The van der Waals surface area contributed by atoms with E-state index in [2.05, 4.69) is 5.32 Å². The number of β-amino-alcohol motifs (C(OH)–C–C–N with tert-alkyl or cyclic N) is 1. The first-order chi connectivity index (χ1) is 9.28. The third-order valence-electron chi connectivity index (χ3n) is 3.46. The van der Waals surface area contributed by atoms with Crippen molar-refractivity contribution >= 4 is 0 Å². The monoisotopic (exact) mass is 255 g/mol. The molecule has 3 rings (SSSR count). The summed E-state index contributed by atoms with van der Waals surface area (Å²) in [6.07, 6.45) is 0. The fourth-order valence-corrected chi connectivity index (χ4v) is 2.26. The van der Waals surface area contributed by atoms with E-state index in [-0.39, 0.29) is 0 Å². The van der Waals surface area contributed by atoms with Gasteiger partial charge in [0, 0.05) is 18.7 Å². The molecule has 1 aliphatic rings. The van der Waals surface area contributed by atoms with Gasteiger partial charge >= 0.3 is 0 Å². The van der Waals surface area contributed by atoms with Crippen molar-refractivity contribution in [3.8, 4) is 5.75 Å². The van der Waals surface area contributed by atoms with Gasteiger partial charge in [0.05, 0.1) is 0 Å². The highest BCUT2D eigenvalue weighted by atomic mass is 16.5. The summed E-state index contributed by atoms with van der Waals surface area (Å²) in [4.78, 5) is 0. The molecule has 2 aromatic rings. The Labute approximate surface area is 112 Å². The Bertz CT molecular complexity index is 550. The van der Waals surface area contributed by atoms with E-state index < -0.39 is 5.60 Å². The summed E-state index contributed by atoms with van der Waals surface area (Å²) < 4.78 is 5.86. The number of nitrogens with one attached hydrogen (secondary N) is 1. The molecule has 0 amide bonds. The number of rotatable bonds is 4. The zero-order valence-electron chi connectivity index (χ0n) is 10.7. The van der Waals surface area contributed by atoms with Gasteiger partial charge in [0.15, 0.2) is 0 Å². The van der Waals surface area contributed by atoms with Crippen molar-refractivity contribution in [3.63, 3.8) is 0 Å². The molecule has 1 heterocycles. The standard InChI is InChI=1S/C16H17NO2/c18-16(11-17-12-16)14-8-4-5-9-15(14)19-10-13-6-2-1-3-7-13/h1-9,17-18H,10-12H2. The molecule has 0 saturated carbocycles. The predicted molar refractivity (Wildman–Crippen MR) is 74.0 cm³/mol. The molecule has 0 spiro atoms. The molecule has 1 saturated heterocycles. The molecule has 0 aromatic heterocycles. The minimum atomic E-state index is -0.784. The van der Waals surface area contributed by atoms with Crippen LogP contribution < -0.4 is 10.1 Å². The summed E-state index contributed by atoms with van der Waals surface area (Å²) in [7, 11) is 0. The summed E-state index contributed by atoms with van der Waals surface area (Å²) in [5.74, 6) is 0.760. The number of aliphatic hydroxyl groups is 1. The predicted octanol–water partition coefficient (Wildman–Crippen LogP) is 2.06. The van der Waals surface area contributed by atoms with Gasteiger partial charge in [-0.3, -0.25) is 0 Å². The Morgan fingerprint density at radius 2 is 1.68 bits per heavy atom. The van der Waals surface area contributed by atoms with Crippen LogP contribution in [0.4, 0.5) is 0 Å². The van der Waals surface area contributed by atoms with Crippen LogP contribution in [0, 0.1) is 0 Å². The second-order valence-electron chi connectivity index (χ2n) is 4.91. The van der Waals surface area contributed by atoms with Crippen molar-refractivity contribution in [2.45, 2.75) is 12.2 Å². The second kappa shape index (κ2) is 5.03.